The van der Waals surface area contributed by atoms with Gasteiger partial charge in [0.25, 0.3) is 5.69 Å². The summed E-state index contributed by atoms with van der Waals surface area (Å²) in [6.07, 6.45) is 0.885. The zero-order chi connectivity index (χ0) is 14.4. The molecule has 104 valence electrons. The van der Waals surface area contributed by atoms with Gasteiger partial charge in [-0.25, -0.2) is 0 Å². The number of nitro benzene ring substituents is 1. The standard InChI is InChI=1S/C16H12N2O2S/c19-18(20)11-5-3-4-10(8-11)15-9-14-16(21-15)12-6-1-2-7-13(12)17-14/h1-8,15,17H,9H2. The first kappa shape index (κ1) is 12.5. The summed E-state index contributed by atoms with van der Waals surface area (Å²) in [5.41, 5.74) is 3.57. The lowest BCUT2D eigenvalue weighted by molar-refractivity contribution is -0.384. The van der Waals surface area contributed by atoms with Crippen LogP contribution in [0.25, 0.3) is 10.9 Å². The van der Waals surface area contributed by atoms with Crippen LogP contribution in [0.4, 0.5) is 5.69 Å². The minimum Gasteiger partial charge on any atom is -0.357 e. The number of fused-ring (bicyclic) bond motifs is 3. The highest BCUT2D eigenvalue weighted by Gasteiger charge is 2.28. The van der Waals surface area contributed by atoms with Gasteiger partial charge in [0, 0.05) is 45.3 Å². The quantitative estimate of drug-likeness (QED) is 0.561. The number of benzene rings is 2. The average Bonchev–Trinajstić information content (AvgIpc) is 3.05. The molecule has 4 nitrogen and oxygen atoms in total. The van der Waals surface area contributed by atoms with Gasteiger partial charge in [-0.15, -0.1) is 11.8 Å². The minimum atomic E-state index is -0.336. The summed E-state index contributed by atoms with van der Waals surface area (Å²) in [5, 5.41) is 12.4. The Hall–Kier alpha value is -2.27. The van der Waals surface area contributed by atoms with Crippen LogP contribution in [-0.4, -0.2) is 9.91 Å². The first-order valence-corrected chi connectivity index (χ1v) is 7.61. The molecule has 2 heterocycles. The summed E-state index contributed by atoms with van der Waals surface area (Å²) < 4.78 is 0. The molecular formula is C16H12N2O2S. The number of rotatable bonds is 2. The number of hydrogen-bond donors (Lipinski definition) is 1. The van der Waals surface area contributed by atoms with Crippen LogP contribution < -0.4 is 0 Å². The molecule has 0 bridgehead atoms. The zero-order valence-electron chi connectivity index (χ0n) is 11.1. The minimum absolute atomic E-state index is 0.161. The predicted octanol–water partition coefficient (Wildman–Crippen LogP) is 4.47. The maximum Gasteiger partial charge on any atom is 0.269 e. The van der Waals surface area contributed by atoms with Gasteiger partial charge in [0.1, 0.15) is 0 Å². The number of thioether (sulfide) groups is 1. The summed E-state index contributed by atoms with van der Waals surface area (Å²) in [4.78, 5) is 15.3. The molecule has 0 saturated carbocycles. The van der Waals surface area contributed by atoms with Crippen molar-refractivity contribution >= 4 is 28.4 Å². The van der Waals surface area contributed by atoms with Crippen LogP contribution in [0.3, 0.4) is 0 Å². The average molecular weight is 296 g/mol. The largest absolute Gasteiger partial charge is 0.357 e. The Morgan fingerprint density at radius 1 is 1.19 bits per heavy atom. The van der Waals surface area contributed by atoms with Gasteiger partial charge in [0.2, 0.25) is 0 Å². The van der Waals surface area contributed by atoms with Gasteiger partial charge < -0.3 is 4.98 Å². The topological polar surface area (TPSA) is 58.9 Å². The third-order valence-corrected chi connectivity index (χ3v) is 5.26. The van der Waals surface area contributed by atoms with E-state index >= 15 is 0 Å². The van der Waals surface area contributed by atoms with E-state index in [2.05, 4.69) is 17.1 Å². The molecule has 0 saturated heterocycles. The number of aromatic amines is 1. The van der Waals surface area contributed by atoms with Gasteiger partial charge in [0.15, 0.2) is 0 Å². The Kier molecular flexibility index (Phi) is 2.75. The third kappa shape index (κ3) is 2.01. The molecule has 1 aliphatic rings. The molecule has 0 aliphatic carbocycles. The van der Waals surface area contributed by atoms with Crippen LogP contribution >= 0.6 is 11.8 Å². The molecule has 0 amide bonds. The van der Waals surface area contributed by atoms with Crippen molar-refractivity contribution in [1.29, 1.82) is 0 Å². The maximum absolute atomic E-state index is 10.9. The van der Waals surface area contributed by atoms with Crippen LogP contribution in [0.2, 0.25) is 0 Å². The van der Waals surface area contributed by atoms with Crippen LogP contribution in [-0.2, 0) is 6.42 Å². The second-order valence-electron chi connectivity index (χ2n) is 5.14. The molecule has 0 spiro atoms. The van der Waals surface area contributed by atoms with E-state index in [-0.39, 0.29) is 15.9 Å². The number of para-hydroxylation sites is 1. The van der Waals surface area contributed by atoms with Crippen molar-refractivity contribution in [3.8, 4) is 0 Å². The molecule has 1 unspecified atom stereocenters. The molecule has 21 heavy (non-hydrogen) atoms. The van der Waals surface area contributed by atoms with Crippen LogP contribution in [0, 0.1) is 10.1 Å². The van der Waals surface area contributed by atoms with E-state index in [4.69, 9.17) is 0 Å². The van der Waals surface area contributed by atoms with E-state index in [1.54, 1.807) is 23.9 Å². The van der Waals surface area contributed by atoms with E-state index in [0.29, 0.717) is 0 Å². The Morgan fingerprint density at radius 3 is 2.90 bits per heavy atom. The number of nitrogens with zero attached hydrogens (tertiary/aromatic N) is 1. The van der Waals surface area contributed by atoms with E-state index in [1.165, 1.54) is 22.0 Å². The normalized spacial score (nSPS) is 17.0. The molecule has 0 fully saturated rings. The van der Waals surface area contributed by atoms with Crippen molar-refractivity contribution in [2.45, 2.75) is 16.6 Å². The van der Waals surface area contributed by atoms with Crippen molar-refractivity contribution in [1.82, 2.24) is 4.98 Å². The summed E-state index contributed by atoms with van der Waals surface area (Å²) in [6, 6.07) is 15.2. The van der Waals surface area contributed by atoms with Gasteiger partial charge in [0.05, 0.1) is 4.92 Å². The van der Waals surface area contributed by atoms with Gasteiger partial charge in [-0.05, 0) is 11.6 Å². The second-order valence-corrected chi connectivity index (χ2v) is 6.35. The molecule has 1 N–H and O–H groups in total. The summed E-state index contributed by atoms with van der Waals surface area (Å²) in [5.74, 6) is 0. The number of nitro groups is 1. The van der Waals surface area contributed by atoms with Gasteiger partial charge >= 0.3 is 0 Å². The number of nitrogens with one attached hydrogen (secondary N) is 1. The smallest absolute Gasteiger partial charge is 0.269 e. The fourth-order valence-corrected chi connectivity index (χ4v) is 4.24. The molecule has 3 aromatic rings. The van der Waals surface area contributed by atoms with Crippen LogP contribution in [0.1, 0.15) is 16.5 Å². The van der Waals surface area contributed by atoms with Crippen molar-refractivity contribution in [3.63, 3.8) is 0 Å². The van der Waals surface area contributed by atoms with Gasteiger partial charge in [-0.2, -0.15) is 0 Å². The number of H-pyrrole nitrogens is 1. The maximum atomic E-state index is 10.9. The van der Waals surface area contributed by atoms with Crippen molar-refractivity contribution in [2.75, 3.05) is 0 Å². The lowest BCUT2D eigenvalue weighted by atomic mass is 10.1. The summed E-state index contributed by atoms with van der Waals surface area (Å²) in [6.45, 7) is 0. The van der Waals surface area contributed by atoms with E-state index in [0.717, 1.165) is 17.5 Å². The van der Waals surface area contributed by atoms with E-state index in [1.807, 2.05) is 18.2 Å². The van der Waals surface area contributed by atoms with Crippen LogP contribution in [0.15, 0.2) is 53.4 Å². The van der Waals surface area contributed by atoms with E-state index < -0.39 is 0 Å². The highest BCUT2D eigenvalue weighted by Crippen LogP contribution is 2.49. The second kappa shape index (κ2) is 4.63. The summed E-state index contributed by atoms with van der Waals surface area (Å²) in [7, 11) is 0. The molecule has 1 aromatic heterocycles. The SMILES string of the molecule is O=[N+]([O-])c1cccc(C2Cc3[nH]c4ccccc4c3S2)c1. The van der Waals surface area contributed by atoms with Crippen LogP contribution in [0.5, 0.6) is 0 Å². The van der Waals surface area contributed by atoms with Gasteiger partial charge in [-0.1, -0.05) is 30.3 Å². The van der Waals surface area contributed by atoms with Crippen molar-refractivity contribution in [2.24, 2.45) is 0 Å². The van der Waals surface area contributed by atoms with Gasteiger partial charge in [-0.3, -0.25) is 10.1 Å². The van der Waals surface area contributed by atoms with Crippen molar-refractivity contribution in [3.05, 3.63) is 69.9 Å². The number of hydrogen-bond acceptors (Lipinski definition) is 3. The fourth-order valence-electron chi connectivity index (χ4n) is 2.84. The number of aromatic nitrogens is 1. The fraction of sp³-hybridized carbons (Fsp3) is 0.125. The zero-order valence-corrected chi connectivity index (χ0v) is 11.9. The third-order valence-electron chi connectivity index (χ3n) is 3.83. The highest BCUT2D eigenvalue weighted by atomic mass is 32.2. The number of non-ortho nitro benzene ring substituents is 1. The lowest BCUT2D eigenvalue weighted by Crippen LogP contribution is -1.95. The molecule has 4 rings (SSSR count). The van der Waals surface area contributed by atoms with E-state index in [9.17, 15) is 10.1 Å². The highest BCUT2D eigenvalue weighted by molar-refractivity contribution is 8.00. The Labute approximate surface area is 125 Å². The molecule has 5 heteroatoms. The van der Waals surface area contributed by atoms with Crippen molar-refractivity contribution < 1.29 is 4.92 Å². The molecular weight excluding hydrogens is 284 g/mol. The lowest BCUT2D eigenvalue weighted by Gasteiger charge is -2.09. The Bertz CT molecular complexity index is 856. The predicted molar refractivity (Wildman–Crippen MR) is 83.7 cm³/mol. The molecule has 1 atom stereocenters. The monoisotopic (exact) mass is 296 g/mol. The first-order valence-electron chi connectivity index (χ1n) is 6.73. The Balaban J connectivity index is 1.70. The molecule has 1 aliphatic heterocycles. The first-order chi connectivity index (χ1) is 10.2. The Morgan fingerprint density at radius 2 is 2.05 bits per heavy atom. The summed E-state index contributed by atoms with van der Waals surface area (Å²) >= 11 is 1.79. The molecule has 0 radical (unpaired) electrons. The molecule has 2 aromatic carbocycles.